The van der Waals surface area contributed by atoms with Crippen molar-refractivity contribution in [1.82, 2.24) is 14.5 Å². The number of aryl methyl sites for hydroxylation is 2. The van der Waals surface area contributed by atoms with Crippen LogP contribution in [0.4, 0.5) is 11.6 Å². The van der Waals surface area contributed by atoms with E-state index in [-0.39, 0.29) is 5.95 Å². The Morgan fingerprint density at radius 3 is 3.12 bits per heavy atom. The van der Waals surface area contributed by atoms with Gasteiger partial charge in [0.15, 0.2) is 0 Å². The fourth-order valence-electron chi connectivity index (χ4n) is 3.32. The van der Waals surface area contributed by atoms with Gasteiger partial charge in [0.25, 0.3) is 0 Å². The maximum atomic E-state index is 10.9. The van der Waals surface area contributed by atoms with Crippen LogP contribution in [0.1, 0.15) is 17.7 Å². The van der Waals surface area contributed by atoms with Crippen molar-refractivity contribution in [2.45, 2.75) is 25.1 Å². The molecule has 8 heteroatoms. The average molecular weight is 369 g/mol. The van der Waals surface area contributed by atoms with Crippen molar-refractivity contribution in [2.24, 2.45) is 0 Å². The predicted octanol–water partition coefficient (Wildman–Crippen LogP) is 3.63. The Morgan fingerprint density at radius 1 is 1.35 bits per heavy atom. The van der Waals surface area contributed by atoms with Gasteiger partial charge in [-0.3, -0.25) is 4.98 Å². The molecule has 0 saturated carbocycles. The molecule has 4 rings (SSSR count). The van der Waals surface area contributed by atoms with Gasteiger partial charge in [-0.05, 0) is 29.6 Å². The Morgan fingerprint density at radius 2 is 2.23 bits per heavy atom. The molecule has 7 nitrogen and oxygen atoms in total. The summed E-state index contributed by atoms with van der Waals surface area (Å²) in [6.07, 6.45) is 4.89. The number of nitrogens with one attached hydrogen (secondary N) is 1. The van der Waals surface area contributed by atoms with Gasteiger partial charge in [0.1, 0.15) is 12.4 Å². The number of imidazole rings is 1. The van der Waals surface area contributed by atoms with E-state index in [1.54, 1.807) is 10.8 Å². The lowest BCUT2D eigenvalue weighted by Gasteiger charge is -2.21. The summed E-state index contributed by atoms with van der Waals surface area (Å²) in [5.74, 6) is 1.98. The number of hydrogen-bond acceptors (Lipinski definition) is 6. The third kappa shape index (κ3) is 3.24. The summed E-state index contributed by atoms with van der Waals surface area (Å²) in [5.41, 5.74) is 4.67. The molecule has 0 aliphatic carbocycles. The van der Waals surface area contributed by atoms with Gasteiger partial charge in [-0.25, -0.2) is 4.57 Å². The molecule has 134 valence electrons. The van der Waals surface area contributed by atoms with Crippen LogP contribution in [0.3, 0.4) is 0 Å². The number of nitro groups is 1. The van der Waals surface area contributed by atoms with Crippen molar-refractivity contribution < 1.29 is 4.92 Å². The first-order valence-electron chi connectivity index (χ1n) is 8.61. The van der Waals surface area contributed by atoms with Crippen LogP contribution in [0.25, 0.3) is 10.9 Å². The van der Waals surface area contributed by atoms with E-state index in [0.717, 1.165) is 47.5 Å². The van der Waals surface area contributed by atoms with Gasteiger partial charge < -0.3 is 15.4 Å². The molecule has 1 aliphatic heterocycles. The van der Waals surface area contributed by atoms with Gasteiger partial charge in [0.05, 0.1) is 12.1 Å². The second-order valence-corrected chi connectivity index (χ2v) is 7.30. The Bertz CT molecular complexity index is 956. The highest BCUT2D eigenvalue weighted by Crippen LogP contribution is 2.34. The van der Waals surface area contributed by atoms with Crippen LogP contribution in [-0.2, 0) is 18.7 Å². The highest BCUT2D eigenvalue weighted by Gasteiger charge is 2.18. The summed E-state index contributed by atoms with van der Waals surface area (Å²) in [6, 6.07) is 8.20. The van der Waals surface area contributed by atoms with Crippen LogP contribution in [0.2, 0.25) is 0 Å². The number of fused-ring (bicyclic) bond motifs is 2. The first kappa shape index (κ1) is 16.8. The standard InChI is InChI=1S/C18H19N5O2S/c24-23(25)18-20-8-10-22(18)9-3-7-19-17-13-4-1-2-5-15(13)21-16-6-11-26-12-14(16)17/h1-2,4-5,8,10H,3,6-7,9,11-12H2,(H,19,21). The van der Waals surface area contributed by atoms with Gasteiger partial charge in [-0.15, -0.1) is 0 Å². The van der Waals surface area contributed by atoms with Crippen molar-refractivity contribution in [3.05, 3.63) is 58.0 Å². The van der Waals surface area contributed by atoms with Crippen LogP contribution in [0, 0.1) is 10.1 Å². The van der Waals surface area contributed by atoms with E-state index in [0.29, 0.717) is 6.54 Å². The zero-order valence-electron chi connectivity index (χ0n) is 14.2. The number of nitrogens with zero attached hydrogens (tertiary/aromatic N) is 4. The zero-order chi connectivity index (χ0) is 17.9. The minimum Gasteiger partial charge on any atom is -0.390 e. The van der Waals surface area contributed by atoms with E-state index in [1.165, 1.54) is 17.5 Å². The molecule has 0 atom stereocenters. The second-order valence-electron chi connectivity index (χ2n) is 6.19. The second kappa shape index (κ2) is 7.33. The van der Waals surface area contributed by atoms with Crippen molar-refractivity contribution in [3.63, 3.8) is 0 Å². The molecule has 0 radical (unpaired) electrons. The summed E-state index contributed by atoms with van der Waals surface area (Å²) >= 11 is 1.94. The molecule has 0 spiro atoms. The minimum atomic E-state index is -0.447. The van der Waals surface area contributed by atoms with Crippen LogP contribution < -0.4 is 5.32 Å². The summed E-state index contributed by atoms with van der Waals surface area (Å²) < 4.78 is 1.58. The Labute approximate surface area is 155 Å². The lowest BCUT2D eigenvalue weighted by atomic mass is 10.0. The van der Waals surface area contributed by atoms with Gasteiger partial charge in [-0.1, -0.05) is 23.2 Å². The molecule has 2 aromatic heterocycles. The third-order valence-corrected chi connectivity index (χ3v) is 5.53. The molecule has 0 fully saturated rings. The molecule has 3 heterocycles. The highest BCUT2D eigenvalue weighted by atomic mass is 32.2. The molecule has 1 N–H and O–H groups in total. The van der Waals surface area contributed by atoms with Crippen LogP contribution in [0.5, 0.6) is 0 Å². The molecule has 0 amide bonds. The van der Waals surface area contributed by atoms with Crippen molar-refractivity contribution in [1.29, 1.82) is 0 Å². The molecule has 1 aliphatic rings. The van der Waals surface area contributed by atoms with E-state index >= 15 is 0 Å². The molecule has 1 aromatic carbocycles. The number of anilines is 1. The van der Waals surface area contributed by atoms with Crippen LogP contribution in [0.15, 0.2) is 36.7 Å². The molecule has 3 aromatic rings. The Kier molecular flexibility index (Phi) is 4.75. The summed E-state index contributed by atoms with van der Waals surface area (Å²) in [6.45, 7) is 1.30. The fourth-order valence-corrected chi connectivity index (χ4v) is 4.32. The van der Waals surface area contributed by atoms with Gasteiger partial charge in [0, 0.05) is 34.6 Å². The Balaban J connectivity index is 1.52. The topological polar surface area (TPSA) is 85.9 Å². The number of pyridine rings is 1. The van der Waals surface area contributed by atoms with Crippen LogP contribution >= 0.6 is 11.8 Å². The number of para-hydroxylation sites is 1. The lowest BCUT2D eigenvalue weighted by molar-refractivity contribution is -0.396. The third-order valence-electron chi connectivity index (χ3n) is 4.54. The number of aromatic nitrogens is 3. The maximum Gasteiger partial charge on any atom is 0.434 e. The maximum absolute atomic E-state index is 10.9. The molecule has 26 heavy (non-hydrogen) atoms. The zero-order valence-corrected chi connectivity index (χ0v) is 15.0. The van der Waals surface area contributed by atoms with Gasteiger partial charge >= 0.3 is 5.95 Å². The molecule has 0 saturated heterocycles. The van der Waals surface area contributed by atoms with E-state index in [1.807, 2.05) is 23.9 Å². The summed E-state index contributed by atoms with van der Waals surface area (Å²) in [5, 5.41) is 15.7. The number of benzene rings is 1. The summed E-state index contributed by atoms with van der Waals surface area (Å²) in [7, 11) is 0. The number of thioether (sulfide) groups is 1. The lowest BCUT2D eigenvalue weighted by Crippen LogP contribution is -2.13. The first-order chi connectivity index (χ1) is 12.7. The normalized spacial score (nSPS) is 13.5. The molecular formula is C18H19N5O2S. The minimum absolute atomic E-state index is 0.104. The van der Waals surface area contributed by atoms with E-state index in [2.05, 4.69) is 22.4 Å². The molecular weight excluding hydrogens is 350 g/mol. The van der Waals surface area contributed by atoms with Crippen molar-refractivity contribution in [3.8, 4) is 0 Å². The quantitative estimate of drug-likeness (QED) is 0.406. The average Bonchev–Trinajstić information content (AvgIpc) is 3.13. The predicted molar refractivity (Wildman–Crippen MR) is 104 cm³/mol. The molecule has 0 bridgehead atoms. The first-order valence-corrected chi connectivity index (χ1v) is 9.77. The van der Waals surface area contributed by atoms with Gasteiger partial charge in [-0.2, -0.15) is 11.8 Å². The van der Waals surface area contributed by atoms with Crippen LogP contribution in [-0.4, -0.2) is 31.8 Å². The summed E-state index contributed by atoms with van der Waals surface area (Å²) in [4.78, 5) is 19.1. The fraction of sp³-hybridized carbons (Fsp3) is 0.333. The Hall–Kier alpha value is -2.61. The largest absolute Gasteiger partial charge is 0.434 e. The smallest absolute Gasteiger partial charge is 0.390 e. The van der Waals surface area contributed by atoms with Crippen molar-refractivity contribution >= 4 is 34.3 Å². The number of hydrogen-bond donors (Lipinski definition) is 1. The molecule has 0 unspecified atom stereocenters. The number of rotatable bonds is 6. The van der Waals surface area contributed by atoms with E-state index in [9.17, 15) is 10.1 Å². The van der Waals surface area contributed by atoms with Crippen molar-refractivity contribution in [2.75, 3.05) is 17.6 Å². The highest BCUT2D eigenvalue weighted by molar-refractivity contribution is 7.98. The van der Waals surface area contributed by atoms with E-state index < -0.39 is 4.92 Å². The van der Waals surface area contributed by atoms with Gasteiger partial charge in [0.2, 0.25) is 0 Å². The SMILES string of the molecule is O=[N+]([O-])c1nccn1CCCNc1c2c(nc3ccccc13)CCSC2. The van der Waals surface area contributed by atoms with E-state index in [4.69, 9.17) is 4.98 Å². The monoisotopic (exact) mass is 369 g/mol.